The Kier molecular flexibility index (Phi) is 5.93. The second-order valence-corrected chi connectivity index (χ2v) is 7.71. The van der Waals surface area contributed by atoms with Crippen molar-refractivity contribution in [2.45, 2.75) is 24.9 Å². The fourth-order valence-electron chi connectivity index (χ4n) is 3.91. The van der Waals surface area contributed by atoms with E-state index < -0.39 is 5.67 Å². The summed E-state index contributed by atoms with van der Waals surface area (Å²) in [5.41, 5.74) is 0.643. The molecule has 0 atom stereocenters. The molecule has 31 heavy (non-hydrogen) atoms. The molecule has 1 amide bonds. The monoisotopic (exact) mass is 423 g/mol. The number of rotatable bonds is 6. The molecule has 0 bridgehead atoms. The first kappa shape index (κ1) is 20.9. The van der Waals surface area contributed by atoms with Gasteiger partial charge in [0, 0.05) is 38.2 Å². The van der Waals surface area contributed by atoms with Gasteiger partial charge in [-0.05, 0) is 35.9 Å². The van der Waals surface area contributed by atoms with Crippen LogP contribution in [0.3, 0.4) is 0 Å². The first-order valence-corrected chi connectivity index (χ1v) is 10.3. The van der Waals surface area contributed by atoms with Crippen molar-refractivity contribution in [3.63, 3.8) is 0 Å². The predicted octanol–water partition coefficient (Wildman–Crippen LogP) is 3.92. The number of hydrogen-bond donors (Lipinski definition) is 0. The molecule has 2 aromatic carbocycles. The number of nitrogens with zero attached hydrogens (tertiary/aromatic N) is 3. The van der Waals surface area contributed by atoms with Crippen molar-refractivity contribution in [1.82, 2.24) is 14.7 Å². The molecule has 1 aromatic heterocycles. The zero-order valence-corrected chi connectivity index (χ0v) is 17.8. The number of alkyl halides is 1. The van der Waals surface area contributed by atoms with E-state index in [-0.39, 0.29) is 25.2 Å². The Morgan fingerprint density at radius 1 is 1.03 bits per heavy atom. The Balaban J connectivity index is 1.40. The maximum absolute atomic E-state index is 15.7. The standard InChI is InChI=1S/C24H26FN3O3/c1-30-21-14-18(15-22(17-21)31-2)24(25)9-12-27(13-10-24)23(29)16-19-8-11-28(26-19)20-6-4-3-5-7-20/h3-8,11,14-15,17H,9-10,12-13,16H2,1-2H3. The van der Waals surface area contributed by atoms with Crippen LogP contribution >= 0.6 is 0 Å². The van der Waals surface area contributed by atoms with Gasteiger partial charge in [-0.2, -0.15) is 5.10 Å². The molecular formula is C24H26FN3O3. The number of methoxy groups -OCH3 is 2. The van der Waals surface area contributed by atoms with Gasteiger partial charge in [-0.15, -0.1) is 0 Å². The van der Waals surface area contributed by atoms with E-state index in [1.807, 2.05) is 42.6 Å². The van der Waals surface area contributed by atoms with E-state index in [0.717, 1.165) is 5.69 Å². The summed E-state index contributed by atoms with van der Waals surface area (Å²) in [6.45, 7) is 0.711. The Hall–Kier alpha value is -3.35. The summed E-state index contributed by atoms with van der Waals surface area (Å²) in [4.78, 5) is 14.5. The molecule has 0 saturated carbocycles. The lowest BCUT2D eigenvalue weighted by Crippen LogP contribution is -2.44. The zero-order chi connectivity index (χ0) is 21.8. The quantitative estimate of drug-likeness (QED) is 0.603. The second kappa shape index (κ2) is 8.79. The van der Waals surface area contributed by atoms with Crippen molar-refractivity contribution >= 4 is 5.91 Å². The molecule has 0 spiro atoms. The van der Waals surface area contributed by atoms with Crippen molar-refractivity contribution in [3.8, 4) is 17.2 Å². The highest BCUT2D eigenvalue weighted by Gasteiger charge is 2.38. The SMILES string of the molecule is COc1cc(OC)cc(C2(F)CCN(C(=O)Cc3ccn(-c4ccccc4)n3)CC2)c1. The van der Waals surface area contributed by atoms with E-state index in [1.165, 1.54) is 0 Å². The van der Waals surface area contributed by atoms with Crippen molar-refractivity contribution in [2.75, 3.05) is 27.3 Å². The number of aromatic nitrogens is 2. The molecular weight excluding hydrogens is 397 g/mol. The van der Waals surface area contributed by atoms with Gasteiger partial charge in [0.25, 0.3) is 0 Å². The normalized spacial score (nSPS) is 15.5. The smallest absolute Gasteiger partial charge is 0.228 e. The lowest BCUT2D eigenvalue weighted by Gasteiger charge is -2.37. The third kappa shape index (κ3) is 4.55. The maximum atomic E-state index is 15.7. The van der Waals surface area contributed by atoms with E-state index in [0.29, 0.717) is 35.8 Å². The van der Waals surface area contributed by atoms with Gasteiger partial charge < -0.3 is 14.4 Å². The van der Waals surface area contributed by atoms with Gasteiger partial charge in [0.05, 0.1) is 32.0 Å². The van der Waals surface area contributed by atoms with Gasteiger partial charge in [0.15, 0.2) is 0 Å². The Morgan fingerprint density at radius 2 is 1.68 bits per heavy atom. The summed E-state index contributed by atoms with van der Waals surface area (Å²) in [5.74, 6) is 1.07. The molecule has 1 fully saturated rings. The summed E-state index contributed by atoms with van der Waals surface area (Å²) in [6, 6.07) is 16.7. The summed E-state index contributed by atoms with van der Waals surface area (Å²) in [7, 11) is 3.09. The Bertz CT molecular complexity index is 1020. The van der Waals surface area contributed by atoms with Crippen LogP contribution in [0.4, 0.5) is 4.39 Å². The topological polar surface area (TPSA) is 56.6 Å². The number of carbonyl (C=O) groups excluding carboxylic acids is 1. The van der Waals surface area contributed by atoms with Crippen LogP contribution in [-0.4, -0.2) is 47.9 Å². The largest absolute Gasteiger partial charge is 0.497 e. The molecule has 2 heterocycles. The highest BCUT2D eigenvalue weighted by Crippen LogP contribution is 2.40. The summed E-state index contributed by atoms with van der Waals surface area (Å²) in [5, 5.41) is 4.50. The average molecular weight is 423 g/mol. The van der Waals surface area contributed by atoms with Crippen molar-refractivity contribution in [1.29, 1.82) is 0 Å². The number of halogens is 1. The highest BCUT2D eigenvalue weighted by atomic mass is 19.1. The Morgan fingerprint density at radius 3 is 2.29 bits per heavy atom. The lowest BCUT2D eigenvalue weighted by molar-refractivity contribution is -0.133. The van der Waals surface area contributed by atoms with Gasteiger partial charge in [0.2, 0.25) is 5.91 Å². The van der Waals surface area contributed by atoms with E-state index >= 15 is 4.39 Å². The molecule has 4 rings (SSSR count). The van der Waals surface area contributed by atoms with Crippen LogP contribution < -0.4 is 9.47 Å². The number of likely N-dealkylation sites (tertiary alicyclic amines) is 1. The molecule has 0 aliphatic carbocycles. The molecule has 162 valence electrons. The van der Waals surface area contributed by atoms with E-state index in [1.54, 1.807) is 42.0 Å². The van der Waals surface area contributed by atoms with Crippen LogP contribution in [-0.2, 0) is 16.9 Å². The minimum Gasteiger partial charge on any atom is -0.497 e. The van der Waals surface area contributed by atoms with Gasteiger partial charge in [0.1, 0.15) is 17.2 Å². The third-order valence-electron chi connectivity index (χ3n) is 5.77. The summed E-state index contributed by atoms with van der Waals surface area (Å²) in [6.07, 6.45) is 2.50. The van der Waals surface area contributed by atoms with Gasteiger partial charge in [-0.25, -0.2) is 9.07 Å². The number of para-hydroxylation sites is 1. The number of hydrogen-bond acceptors (Lipinski definition) is 4. The lowest BCUT2D eigenvalue weighted by atomic mass is 9.85. The van der Waals surface area contributed by atoms with Crippen LogP contribution in [0.2, 0.25) is 0 Å². The van der Waals surface area contributed by atoms with E-state index in [4.69, 9.17) is 9.47 Å². The van der Waals surface area contributed by atoms with Crippen LogP contribution in [0.15, 0.2) is 60.8 Å². The van der Waals surface area contributed by atoms with E-state index in [2.05, 4.69) is 5.10 Å². The zero-order valence-electron chi connectivity index (χ0n) is 17.8. The maximum Gasteiger partial charge on any atom is 0.228 e. The molecule has 1 aliphatic rings. The van der Waals surface area contributed by atoms with Crippen LogP contribution in [0.5, 0.6) is 11.5 Å². The third-order valence-corrected chi connectivity index (χ3v) is 5.77. The molecule has 1 saturated heterocycles. The molecule has 1 aliphatic heterocycles. The minimum atomic E-state index is -1.52. The van der Waals surface area contributed by atoms with E-state index in [9.17, 15) is 4.79 Å². The highest BCUT2D eigenvalue weighted by molar-refractivity contribution is 5.78. The molecule has 0 radical (unpaired) electrons. The minimum absolute atomic E-state index is 0.0383. The number of amides is 1. The number of benzene rings is 2. The molecule has 0 N–H and O–H groups in total. The number of carbonyl (C=O) groups is 1. The molecule has 6 nitrogen and oxygen atoms in total. The molecule has 3 aromatic rings. The van der Waals surface area contributed by atoms with Crippen molar-refractivity contribution < 1.29 is 18.7 Å². The van der Waals surface area contributed by atoms with Gasteiger partial charge in [-0.3, -0.25) is 4.79 Å². The molecule has 7 heteroatoms. The van der Waals surface area contributed by atoms with Gasteiger partial charge in [-0.1, -0.05) is 18.2 Å². The second-order valence-electron chi connectivity index (χ2n) is 7.71. The Labute approximate surface area is 181 Å². The first-order valence-electron chi connectivity index (χ1n) is 10.3. The fraction of sp³-hybridized carbons (Fsp3) is 0.333. The van der Waals surface area contributed by atoms with Crippen molar-refractivity contribution in [3.05, 3.63) is 72.1 Å². The van der Waals surface area contributed by atoms with Crippen LogP contribution in [0, 0.1) is 0 Å². The van der Waals surface area contributed by atoms with Crippen LogP contribution in [0.1, 0.15) is 24.1 Å². The number of ether oxygens (including phenoxy) is 2. The average Bonchev–Trinajstić information content (AvgIpc) is 3.28. The fourth-order valence-corrected chi connectivity index (χ4v) is 3.91. The van der Waals surface area contributed by atoms with Crippen molar-refractivity contribution in [2.24, 2.45) is 0 Å². The predicted molar refractivity (Wildman–Crippen MR) is 115 cm³/mol. The first-order chi connectivity index (χ1) is 15.0. The molecule has 0 unspecified atom stereocenters. The number of piperidine rings is 1. The summed E-state index contributed by atoms with van der Waals surface area (Å²) >= 11 is 0. The van der Waals surface area contributed by atoms with Crippen LogP contribution in [0.25, 0.3) is 5.69 Å². The van der Waals surface area contributed by atoms with Gasteiger partial charge >= 0.3 is 0 Å². The summed E-state index contributed by atoms with van der Waals surface area (Å²) < 4.78 is 28.0.